The summed E-state index contributed by atoms with van der Waals surface area (Å²) in [7, 11) is 0. The van der Waals surface area contributed by atoms with E-state index in [0.29, 0.717) is 5.69 Å². The van der Waals surface area contributed by atoms with Crippen LogP contribution in [0, 0.1) is 6.57 Å². The molecule has 0 saturated carbocycles. The van der Waals surface area contributed by atoms with Crippen molar-refractivity contribution in [2.24, 2.45) is 0 Å². The second-order valence-corrected chi connectivity index (χ2v) is 28.7. The van der Waals surface area contributed by atoms with Gasteiger partial charge in [0.1, 0.15) is 11.2 Å². The summed E-state index contributed by atoms with van der Waals surface area (Å²) in [5.74, 6) is 0. The first-order valence-electron chi connectivity index (χ1n) is 29.3. The first-order valence-corrected chi connectivity index (χ1v) is 29.3. The number of furan rings is 1. The second-order valence-electron chi connectivity index (χ2n) is 28.7. The summed E-state index contributed by atoms with van der Waals surface area (Å²) in [5.41, 5.74) is 25.0. The van der Waals surface area contributed by atoms with Crippen molar-refractivity contribution < 1.29 is 4.42 Å². The molecular weight excluding hydrogens is 998 g/mol. The Morgan fingerprint density at radius 2 is 0.963 bits per heavy atom. The lowest BCUT2D eigenvalue weighted by molar-refractivity contribution is 0.590. The smallest absolute Gasteiger partial charge is 0.252 e. The van der Waals surface area contributed by atoms with Crippen molar-refractivity contribution in [2.45, 2.75) is 131 Å². The Balaban J connectivity index is 1.12. The van der Waals surface area contributed by atoms with Gasteiger partial charge in [0.25, 0.3) is 6.71 Å². The van der Waals surface area contributed by atoms with E-state index in [1.165, 1.54) is 77.4 Å². The largest absolute Gasteiger partial charge is 0.456 e. The normalized spacial score (nSPS) is 14.0. The first-order chi connectivity index (χ1) is 38.8. The summed E-state index contributed by atoms with van der Waals surface area (Å²) in [5, 5.41) is 4.59. The van der Waals surface area contributed by atoms with Gasteiger partial charge in [-0.25, -0.2) is 4.85 Å². The van der Waals surface area contributed by atoms with Crippen LogP contribution in [0.4, 0.5) is 56.9 Å². The average molecular weight is 1070 g/mol. The molecule has 11 aromatic rings. The van der Waals surface area contributed by atoms with Crippen LogP contribution < -0.4 is 31.1 Å². The maximum absolute atomic E-state index is 8.99. The van der Waals surface area contributed by atoms with Crippen LogP contribution in [0.5, 0.6) is 0 Å². The van der Waals surface area contributed by atoms with Gasteiger partial charge >= 0.3 is 0 Å². The molecule has 9 aromatic carbocycles. The maximum Gasteiger partial charge on any atom is 0.252 e. The Morgan fingerprint density at radius 3 is 1.59 bits per heavy atom. The molecule has 406 valence electrons. The first kappa shape index (κ1) is 51.7. The standard InChI is InChI=1S/C75H72BN5O/c1-71(2,3)44-24-29-50(30-25-44)78(51-31-26-45(27-32-51)72(4,5)6)52-33-34-56-60(43-52)79(59-21-19-23-66-67(59)53-20-17-18-22-65(53)82-66)61-41-49(77-16)42-62-68(61)76(56)57-38-48(75(13,14)15)40-64-70(57)81(62)63-39-47(74(10,11)12)37-55-54-36-46(73(7,8)9)28-35-58(54)80(64)69(55)63/h17-43H,1-15H3. The van der Waals surface area contributed by atoms with Crippen molar-refractivity contribution in [2.75, 3.05) is 14.7 Å². The van der Waals surface area contributed by atoms with Gasteiger partial charge in [0, 0.05) is 50.3 Å². The third-order valence-corrected chi connectivity index (χ3v) is 18.0. The highest BCUT2D eigenvalue weighted by atomic mass is 16.3. The van der Waals surface area contributed by atoms with E-state index in [0.717, 1.165) is 67.4 Å². The van der Waals surface area contributed by atoms with Gasteiger partial charge in [-0.2, -0.15) is 0 Å². The van der Waals surface area contributed by atoms with E-state index in [1.54, 1.807) is 0 Å². The molecule has 7 heteroatoms. The van der Waals surface area contributed by atoms with Crippen LogP contribution in [0.2, 0.25) is 0 Å². The Hall–Kier alpha value is -8.47. The zero-order chi connectivity index (χ0) is 57.5. The molecule has 0 unspecified atom stereocenters. The molecule has 0 saturated heterocycles. The molecule has 0 aliphatic carbocycles. The molecule has 82 heavy (non-hydrogen) atoms. The van der Waals surface area contributed by atoms with Crippen LogP contribution in [-0.2, 0) is 27.1 Å². The molecule has 0 radical (unpaired) electrons. The summed E-state index contributed by atoms with van der Waals surface area (Å²) in [4.78, 5) is 11.9. The molecule has 0 amide bonds. The summed E-state index contributed by atoms with van der Waals surface area (Å²) in [6.07, 6.45) is 0. The van der Waals surface area contributed by atoms with Crippen molar-refractivity contribution in [1.29, 1.82) is 0 Å². The minimum atomic E-state index is -0.208. The maximum atomic E-state index is 8.99. The quantitative estimate of drug-likeness (QED) is 0.130. The van der Waals surface area contributed by atoms with Gasteiger partial charge in [-0.05, 0) is 168 Å². The number of fused-ring (bicyclic) bond motifs is 12. The number of benzene rings is 9. The molecule has 14 rings (SSSR count). The van der Waals surface area contributed by atoms with Crippen molar-refractivity contribution in [1.82, 2.24) is 4.57 Å². The number of para-hydroxylation sites is 1. The van der Waals surface area contributed by atoms with Crippen molar-refractivity contribution in [3.8, 4) is 5.69 Å². The van der Waals surface area contributed by atoms with Crippen molar-refractivity contribution in [3.05, 3.63) is 203 Å². The van der Waals surface area contributed by atoms with Crippen LogP contribution in [0.1, 0.15) is 132 Å². The van der Waals surface area contributed by atoms with E-state index in [9.17, 15) is 0 Å². The molecule has 3 aliphatic rings. The number of anilines is 9. The number of hydrogen-bond acceptors (Lipinski definition) is 4. The van der Waals surface area contributed by atoms with Gasteiger partial charge in [0.15, 0.2) is 5.69 Å². The number of hydrogen-bond donors (Lipinski definition) is 0. The Labute approximate surface area is 484 Å². The molecular formula is C75H72BN5O. The molecule has 2 aromatic heterocycles. The van der Waals surface area contributed by atoms with Crippen LogP contribution >= 0.6 is 0 Å². The zero-order valence-electron chi connectivity index (χ0n) is 50.3. The zero-order valence-corrected chi connectivity index (χ0v) is 50.3. The van der Waals surface area contributed by atoms with Gasteiger partial charge in [-0.1, -0.05) is 171 Å². The molecule has 0 atom stereocenters. The lowest BCUT2D eigenvalue weighted by atomic mass is 9.33. The minimum Gasteiger partial charge on any atom is -0.456 e. The fraction of sp³-hybridized carbons (Fsp3) is 0.267. The highest BCUT2D eigenvalue weighted by Crippen LogP contribution is 2.56. The third kappa shape index (κ3) is 7.73. The molecule has 6 nitrogen and oxygen atoms in total. The van der Waals surface area contributed by atoms with Gasteiger partial charge in [0.2, 0.25) is 0 Å². The van der Waals surface area contributed by atoms with Gasteiger partial charge in [-0.3, -0.25) is 0 Å². The van der Waals surface area contributed by atoms with Gasteiger partial charge < -0.3 is 23.7 Å². The van der Waals surface area contributed by atoms with E-state index < -0.39 is 0 Å². The van der Waals surface area contributed by atoms with Crippen LogP contribution in [-0.4, -0.2) is 11.3 Å². The number of rotatable bonds is 4. The van der Waals surface area contributed by atoms with E-state index >= 15 is 0 Å². The van der Waals surface area contributed by atoms with Gasteiger partial charge in [-0.15, -0.1) is 0 Å². The predicted octanol–water partition coefficient (Wildman–Crippen LogP) is 19.6. The summed E-state index contributed by atoms with van der Waals surface area (Å²) in [6, 6.07) is 61.8. The highest BCUT2D eigenvalue weighted by molar-refractivity contribution is 7.00. The summed E-state index contributed by atoms with van der Waals surface area (Å²) < 4.78 is 9.32. The second kappa shape index (κ2) is 17.3. The molecule has 0 N–H and O–H groups in total. The van der Waals surface area contributed by atoms with Crippen LogP contribution in [0.3, 0.4) is 0 Å². The fourth-order valence-corrected chi connectivity index (χ4v) is 13.5. The monoisotopic (exact) mass is 1070 g/mol. The van der Waals surface area contributed by atoms with E-state index in [-0.39, 0.29) is 33.8 Å². The topological polar surface area (TPSA) is 32.2 Å². The van der Waals surface area contributed by atoms with E-state index in [1.807, 2.05) is 0 Å². The van der Waals surface area contributed by atoms with E-state index in [2.05, 4.69) is 292 Å². The SMILES string of the molecule is [C-]#[N+]c1cc2c3c(c1)N1c4c(cc(C(C)(C)C)cc4-n4c5ccc(C(C)(C)C)cc5c5cc(C(C)(C)C)cc1c54)B3c1ccc(N(c3ccc(C(C)(C)C)cc3)c3ccc(C(C)(C)C)cc3)cc1N2c1cccc2oc3ccccc3c12. The predicted molar refractivity (Wildman–Crippen MR) is 350 cm³/mol. The van der Waals surface area contributed by atoms with Crippen molar-refractivity contribution in [3.63, 3.8) is 0 Å². The number of nitrogens with zero attached hydrogens (tertiary/aromatic N) is 5. The minimum absolute atomic E-state index is 0.00892. The van der Waals surface area contributed by atoms with Crippen molar-refractivity contribution >= 4 is 124 Å². The lowest BCUT2D eigenvalue weighted by Gasteiger charge is -2.47. The van der Waals surface area contributed by atoms with Crippen LogP contribution in [0.15, 0.2) is 168 Å². The Bertz CT molecular complexity index is 4490. The lowest BCUT2D eigenvalue weighted by Crippen LogP contribution is -2.62. The molecule has 0 bridgehead atoms. The Kier molecular flexibility index (Phi) is 10.9. The molecule has 0 fully saturated rings. The highest BCUT2D eigenvalue weighted by Gasteiger charge is 2.48. The Morgan fingerprint density at radius 1 is 0.415 bits per heavy atom. The molecule has 5 heterocycles. The molecule has 3 aliphatic heterocycles. The summed E-state index contributed by atoms with van der Waals surface area (Å²) in [6.45, 7) is 43.4. The third-order valence-electron chi connectivity index (χ3n) is 18.0. The van der Waals surface area contributed by atoms with Gasteiger partial charge in [0.05, 0.1) is 45.7 Å². The fourth-order valence-electron chi connectivity index (χ4n) is 13.5. The summed E-state index contributed by atoms with van der Waals surface area (Å²) >= 11 is 0. The number of aromatic nitrogens is 1. The molecule has 0 spiro atoms. The average Bonchev–Trinajstić information content (AvgIpc) is 2.15. The van der Waals surface area contributed by atoms with Crippen LogP contribution in [0.25, 0.3) is 54.3 Å². The van der Waals surface area contributed by atoms with E-state index in [4.69, 9.17) is 11.0 Å².